The number of likely N-dealkylation sites (tertiary alicyclic amines) is 2. The first-order chi connectivity index (χ1) is 13.2. The van der Waals surface area contributed by atoms with E-state index in [9.17, 15) is 21.6 Å². The van der Waals surface area contributed by atoms with E-state index in [2.05, 4.69) is 20.1 Å². The molecule has 7 nitrogen and oxygen atoms in total. The molecule has 12 heteroatoms. The van der Waals surface area contributed by atoms with Crippen LogP contribution in [-0.2, 0) is 10.0 Å². The first-order valence-corrected chi connectivity index (χ1v) is 11.4. The van der Waals surface area contributed by atoms with Crippen LogP contribution < -0.4 is 5.32 Å². The molecule has 170 valence electrons. The summed E-state index contributed by atoms with van der Waals surface area (Å²) in [7, 11) is -3.47. The van der Waals surface area contributed by atoms with Crippen LogP contribution in [0.4, 0.5) is 13.2 Å². The van der Waals surface area contributed by atoms with Crippen LogP contribution in [0.25, 0.3) is 0 Å². The monoisotopic (exact) mass is 553 g/mol. The molecule has 3 saturated heterocycles. The molecule has 0 aromatic rings. The Morgan fingerprint density at radius 2 is 1.69 bits per heavy atom. The van der Waals surface area contributed by atoms with Crippen molar-refractivity contribution in [1.29, 1.82) is 0 Å². The highest BCUT2D eigenvalue weighted by molar-refractivity contribution is 14.0. The molecular weight excluding hydrogens is 522 g/mol. The van der Waals surface area contributed by atoms with Crippen LogP contribution >= 0.6 is 24.0 Å². The summed E-state index contributed by atoms with van der Waals surface area (Å²) in [5, 5.41) is 3.34. The first-order valence-electron chi connectivity index (χ1n) is 9.98. The summed E-state index contributed by atoms with van der Waals surface area (Å²) in [6.07, 6.45) is 4.48. The van der Waals surface area contributed by atoms with E-state index in [1.54, 1.807) is 7.05 Å². The van der Waals surface area contributed by atoms with Crippen LogP contribution in [-0.4, -0.2) is 92.9 Å². The van der Waals surface area contributed by atoms with Crippen molar-refractivity contribution in [3.63, 3.8) is 0 Å². The second-order valence-electron chi connectivity index (χ2n) is 7.85. The molecule has 3 fully saturated rings. The van der Waals surface area contributed by atoms with Gasteiger partial charge in [-0.25, -0.2) is 8.42 Å². The molecule has 1 N–H and O–H groups in total. The molecule has 3 aliphatic heterocycles. The minimum Gasteiger partial charge on any atom is -0.356 e. The summed E-state index contributed by atoms with van der Waals surface area (Å²) in [5.74, 6) is 0.959. The molecule has 0 radical (unpaired) electrons. The van der Waals surface area contributed by atoms with Gasteiger partial charge < -0.3 is 10.2 Å². The quantitative estimate of drug-likeness (QED) is 0.328. The zero-order valence-corrected chi connectivity index (χ0v) is 19.8. The van der Waals surface area contributed by atoms with Gasteiger partial charge in [0.15, 0.2) is 5.96 Å². The number of piperidine rings is 1. The lowest BCUT2D eigenvalue weighted by Gasteiger charge is -2.32. The summed E-state index contributed by atoms with van der Waals surface area (Å²) in [6, 6.07) is 0.567. The fourth-order valence-electron chi connectivity index (χ4n) is 4.41. The molecule has 0 bridgehead atoms. The number of sulfonamides is 1. The highest BCUT2D eigenvalue weighted by Crippen LogP contribution is 2.30. The average Bonchev–Trinajstić information content (AvgIpc) is 3.33. The van der Waals surface area contributed by atoms with Gasteiger partial charge in [-0.15, -0.1) is 24.0 Å². The molecule has 0 aromatic heterocycles. The van der Waals surface area contributed by atoms with Crippen molar-refractivity contribution in [2.24, 2.45) is 10.9 Å². The van der Waals surface area contributed by atoms with Crippen molar-refractivity contribution in [2.45, 2.75) is 43.7 Å². The Kier molecular flexibility index (Phi) is 8.86. The SMILES string of the molecule is CN=C(NCC1CCN(S(=O)(=O)C(F)(F)F)CC1)N1CCC(N2CCCC2)C1.I. The van der Waals surface area contributed by atoms with E-state index >= 15 is 0 Å². The molecule has 0 saturated carbocycles. The third-order valence-corrected chi connectivity index (χ3v) is 7.72. The van der Waals surface area contributed by atoms with Gasteiger partial charge in [-0.1, -0.05) is 0 Å². The molecule has 1 atom stereocenters. The number of guanidine groups is 1. The average molecular weight is 553 g/mol. The summed E-state index contributed by atoms with van der Waals surface area (Å²) in [4.78, 5) is 9.15. The zero-order valence-electron chi connectivity index (χ0n) is 16.7. The molecule has 0 aromatic carbocycles. The van der Waals surface area contributed by atoms with Crippen LogP contribution in [0.15, 0.2) is 4.99 Å². The Bertz CT molecular complexity index is 662. The molecule has 0 aliphatic carbocycles. The van der Waals surface area contributed by atoms with Crippen molar-refractivity contribution >= 4 is 40.0 Å². The van der Waals surface area contributed by atoms with Crippen LogP contribution in [0.3, 0.4) is 0 Å². The van der Waals surface area contributed by atoms with Crippen molar-refractivity contribution in [1.82, 2.24) is 19.4 Å². The number of hydrogen-bond donors (Lipinski definition) is 1. The summed E-state index contributed by atoms with van der Waals surface area (Å²) in [5.41, 5.74) is -5.22. The van der Waals surface area contributed by atoms with E-state index in [1.807, 2.05) is 0 Å². The van der Waals surface area contributed by atoms with Crippen LogP contribution in [0.2, 0.25) is 0 Å². The number of nitrogens with one attached hydrogen (secondary N) is 1. The number of nitrogens with zero attached hydrogens (tertiary/aromatic N) is 4. The second-order valence-corrected chi connectivity index (χ2v) is 9.78. The Labute approximate surface area is 188 Å². The Morgan fingerprint density at radius 1 is 1.07 bits per heavy atom. The zero-order chi connectivity index (χ0) is 20.4. The predicted molar refractivity (Wildman–Crippen MR) is 117 cm³/mol. The van der Waals surface area contributed by atoms with Gasteiger partial charge in [0.05, 0.1) is 0 Å². The van der Waals surface area contributed by atoms with Crippen LogP contribution in [0.5, 0.6) is 0 Å². The molecule has 1 unspecified atom stereocenters. The maximum atomic E-state index is 12.7. The van der Waals surface area contributed by atoms with E-state index < -0.39 is 15.5 Å². The standard InChI is InChI=1S/C17H30F3N5O2S.HI/c1-21-16(24-9-6-15(13-24)23-7-2-3-8-23)22-12-14-4-10-25(11-5-14)28(26,27)17(18,19)20;/h14-15H,2-13H2,1H3,(H,21,22);1H. The molecule has 3 aliphatic rings. The highest BCUT2D eigenvalue weighted by Gasteiger charge is 2.50. The largest absolute Gasteiger partial charge is 0.511 e. The number of hydrogen-bond acceptors (Lipinski definition) is 4. The van der Waals surface area contributed by atoms with E-state index in [0.29, 0.717) is 29.7 Å². The lowest BCUT2D eigenvalue weighted by Crippen LogP contribution is -2.48. The number of halogens is 4. The minimum atomic E-state index is -5.22. The lowest BCUT2D eigenvalue weighted by atomic mass is 9.98. The predicted octanol–water partition coefficient (Wildman–Crippen LogP) is 1.91. The number of rotatable bonds is 4. The Balaban J connectivity index is 0.00000300. The molecule has 3 heterocycles. The van der Waals surface area contributed by atoms with Gasteiger partial charge in [0.1, 0.15) is 0 Å². The van der Waals surface area contributed by atoms with Gasteiger partial charge in [0, 0.05) is 45.8 Å². The van der Waals surface area contributed by atoms with Gasteiger partial charge in [-0.2, -0.15) is 17.5 Å². The minimum absolute atomic E-state index is 0. The van der Waals surface area contributed by atoms with Crippen molar-refractivity contribution in [3.8, 4) is 0 Å². The molecule has 0 amide bonds. The fraction of sp³-hybridized carbons (Fsp3) is 0.941. The third-order valence-electron chi connectivity index (χ3n) is 6.09. The molecule has 0 spiro atoms. The summed E-state index contributed by atoms with van der Waals surface area (Å²) < 4.78 is 61.5. The Hall–Kier alpha value is -0.340. The topological polar surface area (TPSA) is 68.2 Å². The molecule has 3 rings (SSSR count). The normalized spacial score (nSPS) is 26.0. The van der Waals surface area contributed by atoms with E-state index in [0.717, 1.165) is 25.5 Å². The van der Waals surface area contributed by atoms with Crippen LogP contribution in [0.1, 0.15) is 32.1 Å². The Morgan fingerprint density at radius 3 is 2.24 bits per heavy atom. The van der Waals surface area contributed by atoms with E-state index in [1.165, 1.54) is 25.9 Å². The molecular formula is C17H31F3IN5O2S. The highest BCUT2D eigenvalue weighted by atomic mass is 127. The first kappa shape index (κ1) is 24.9. The van der Waals surface area contributed by atoms with E-state index in [4.69, 9.17) is 0 Å². The number of aliphatic imine (C=N–C) groups is 1. The van der Waals surface area contributed by atoms with Crippen LogP contribution in [0, 0.1) is 5.92 Å². The van der Waals surface area contributed by atoms with Gasteiger partial charge in [-0.05, 0) is 51.1 Å². The number of alkyl halides is 3. The van der Waals surface area contributed by atoms with Gasteiger partial charge in [0.2, 0.25) is 0 Å². The summed E-state index contributed by atoms with van der Waals surface area (Å²) >= 11 is 0. The maximum Gasteiger partial charge on any atom is 0.511 e. The van der Waals surface area contributed by atoms with Gasteiger partial charge in [0.25, 0.3) is 0 Å². The molecule has 29 heavy (non-hydrogen) atoms. The van der Waals surface area contributed by atoms with E-state index in [-0.39, 0.29) is 43.0 Å². The van der Waals surface area contributed by atoms with Gasteiger partial charge in [-0.3, -0.25) is 9.89 Å². The van der Waals surface area contributed by atoms with Crippen molar-refractivity contribution in [3.05, 3.63) is 0 Å². The fourth-order valence-corrected chi connectivity index (χ4v) is 5.39. The lowest BCUT2D eigenvalue weighted by molar-refractivity contribution is -0.0496. The van der Waals surface area contributed by atoms with Crippen molar-refractivity contribution in [2.75, 3.05) is 52.9 Å². The third kappa shape index (κ3) is 5.88. The summed E-state index contributed by atoms with van der Waals surface area (Å²) in [6.45, 7) is 4.65. The smallest absolute Gasteiger partial charge is 0.356 e. The second kappa shape index (κ2) is 10.3. The maximum absolute atomic E-state index is 12.7. The van der Waals surface area contributed by atoms with Gasteiger partial charge >= 0.3 is 15.5 Å². The van der Waals surface area contributed by atoms with Crippen molar-refractivity contribution < 1.29 is 21.6 Å².